The molecule has 0 heterocycles. The van der Waals surface area contributed by atoms with E-state index in [-0.39, 0.29) is 30.2 Å². The molecule has 0 bridgehead atoms. The third kappa shape index (κ3) is 4.92. The van der Waals surface area contributed by atoms with Gasteiger partial charge in [-0.05, 0) is 51.1 Å². The summed E-state index contributed by atoms with van der Waals surface area (Å²) in [5.74, 6) is -1.50. The van der Waals surface area contributed by atoms with E-state index in [4.69, 9.17) is 9.47 Å². The van der Waals surface area contributed by atoms with Crippen LogP contribution >= 0.6 is 0 Å². The molecular formula is C20H21NO5. The van der Waals surface area contributed by atoms with Gasteiger partial charge in [0.2, 0.25) is 0 Å². The van der Waals surface area contributed by atoms with Gasteiger partial charge in [0.25, 0.3) is 5.91 Å². The number of ether oxygens (including phenoxy) is 2. The highest BCUT2D eigenvalue weighted by Gasteiger charge is 2.16. The van der Waals surface area contributed by atoms with E-state index in [1.165, 1.54) is 18.2 Å². The van der Waals surface area contributed by atoms with E-state index < -0.39 is 11.9 Å². The summed E-state index contributed by atoms with van der Waals surface area (Å²) in [7, 11) is 0. The largest absolute Gasteiger partial charge is 0.462 e. The predicted octanol–water partition coefficient (Wildman–Crippen LogP) is 3.60. The van der Waals surface area contributed by atoms with Crippen molar-refractivity contribution < 1.29 is 23.9 Å². The van der Waals surface area contributed by atoms with Gasteiger partial charge in [-0.2, -0.15) is 0 Å². The van der Waals surface area contributed by atoms with E-state index in [1.807, 2.05) is 19.1 Å². The zero-order valence-corrected chi connectivity index (χ0v) is 15.0. The maximum absolute atomic E-state index is 12.4. The van der Waals surface area contributed by atoms with Crippen molar-refractivity contribution in [2.75, 3.05) is 18.5 Å². The lowest BCUT2D eigenvalue weighted by atomic mass is 10.1. The SMILES string of the molecule is CCOC(=O)c1cc(NC(=O)c2ccc(C)cc2)cc(C(=O)OCC)c1. The fraction of sp³-hybridized carbons (Fsp3) is 0.250. The smallest absolute Gasteiger partial charge is 0.338 e. The van der Waals surface area contributed by atoms with Gasteiger partial charge >= 0.3 is 11.9 Å². The van der Waals surface area contributed by atoms with E-state index in [2.05, 4.69) is 5.32 Å². The van der Waals surface area contributed by atoms with E-state index in [0.29, 0.717) is 11.3 Å². The molecule has 0 aliphatic rings. The van der Waals surface area contributed by atoms with Gasteiger partial charge < -0.3 is 14.8 Å². The van der Waals surface area contributed by atoms with Crippen molar-refractivity contribution in [3.63, 3.8) is 0 Å². The van der Waals surface area contributed by atoms with Crippen LogP contribution in [0.2, 0.25) is 0 Å². The van der Waals surface area contributed by atoms with Crippen LogP contribution in [-0.4, -0.2) is 31.1 Å². The summed E-state index contributed by atoms with van der Waals surface area (Å²) in [6.45, 7) is 5.71. The van der Waals surface area contributed by atoms with Gasteiger partial charge in [0.1, 0.15) is 0 Å². The third-order valence-corrected chi connectivity index (χ3v) is 3.53. The van der Waals surface area contributed by atoms with E-state index in [1.54, 1.807) is 26.0 Å². The molecule has 0 radical (unpaired) electrons. The second-order valence-corrected chi connectivity index (χ2v) is 5.56. The van der Waals surface area contributed by atoms with Crippen LogP contribution in [0.3, 0.4) is 0 Å². The summed E-state index contributed by atoms with van der Waals surface area (Å²) in [5, 5.41) is 2.70. The van der Waals surface area contributed by atoms with Crippen molar-refractivity contribution in [3.05, 3.63) is 64.7 Å². The number of esters is 2. The summed E-state index contributed by atoms with van der Waals surface area (Å²) in [4.78, 5) is 36.5. The van der Waals surface area contributed by atoms with E-state index in [0.717, 1.165) is 5.56 Å². The quantitative estimate of drug-likeness (QED) is 0.801. The molecule has 0 saturated heterocycles. The highest BCUT2D eigenvalue weighted by atomic mass is 16.5. The second-order valence-electron chi connectivity index (χ2n) is 5.56. The van der Waals surface area contributed by atoms with Crippen LogP contribution in [0.4, 0.5) is 5.69 Å². The van der Waals surface area contributed by atoms with Crippen molar-refractivity contribution in [3.8, 4) is 0 Å². The Bertz CT molecular complexity index is 775. The summed E-state index contributed by atoms with van der Waals surface area (Å²) in [6, 6.07) is 11.4. The standard InChI is InChI=1S/C20H21NO5/c1-4-25-19(23)15-10-16(20(24)26-5-2)12-17(11-15)21-18(22)14-8-6-13(3)7-9-14/h6-12H,4-5H2,1-3H3,(H,21,22). The number of benzene rings is 2. The number of nitrogens with one attached hydrogen (secondary N) is 1. The van der Waals surface area contributed by atoms with Crippen molar-refractivity contribution in [1.82, 2.24) is 0 Å². The Morgan fingerprint density at radius 2 is 1.31 bits per heavy atom. The van der Waals surface area contributed by atoms with E-state index >= 15 is 0 Å². The summed E-state index contributed by atoms with van der Waals surface area (Å²) in [5.41, 5.74) is 2.14. The van der Waals surface area contributed by atoms with Gasteiger partial charge in [0.15, 0.2) is 0 Å². The van der Waals surface area contributed by atoms with Gasteiger partial charge in [0, 0.05) is 11.3 Å². The molecule has 2 aromatic rings. The topological polar surface area (TPSA) is 81.7 Å². The van der Waals surface area contributed by atoms with Crippen LogP contribution in [0.15, 0.2) is 42.5 Å². The highest BCUT2D eigenvalue weighted by Crippen LogP contribution is 2.18. The molecule has 26 heavy (non-hydrogen) atoms. The molecule has 0 aliphatic carbocycles. The predicted molar refractivity (Wildman–Crippen MR) is 97.5 cm³/mol. The van der Waals surface area contributed by atoms with Crippen LogP contribution in [0.5, 0.6) is 0 Å². The number of hydrogen-bond donors (Lipinski definition) is 1. The van der Waals surface area contributed by atoms with Crippen LogP contribution in [-0.2, 0) is 9.47 Å². The van der Waals surface area contributed by atoms with Crippen molar-refractivity contribution >= 4 is 23.5 Å². The molecule has 2 aromatic carbocycles. The molecule has 0 spiro atoms. The number of aryl methyl sites for hydroxylation is 1. The first-order valence-corrected chi connectivity index (χ1v) is 8.32. The minimum absolute atomic E-state index is 0.164. The van der Waals surface area contributed by atoms with Gasteiger partial charge in [-0.25, -0.2) is 9.59 Å². The summed E-state index contributed by atoms with van der Waals surface area (Å²) < 4.78 is 9.95. The Morgan fingerprint density at radius 1 is 0.808 bits per heavy atom. The molecule has 0 saturated carbocycles. The normalized spacial score (nSPS) is 10.1. The number of anilines is 1. The molecule has 0 unspecified atom stereocenters. The van der Waals surface area contributed by atoms with Crippen LogP contribution in [0, 0.1) is 6.92 Å². The molecule has 0 fully saturated rings. The average molecular weight is 355 g/mol. The lowest BCUT2D eigenvalue weighted by Gasteiger charge is -2.10. The van der Waals surface area contributed by atoms with Gasteiger partial charge in [0.05, 0.1) is 24.3 Å². The minimum atomic E-state index is -0.579. The number of rotatable bonds is 6. The lowest BCUT2D eigenvalue weighted by Crippen LogP contribution is -2.15. The number of carbonyl (C=O) groups is 3. The fourth-order valence-corrected chi connectivity index (χ4v) is 2.27. The molecule has 0 aromatic heterocycles. The maximum atomic E-state index is 12.4. The molecule has 2 rings (SSSR count). The van der Waals surface area contributed by atoms with Gasteiger partial charge in [-0.3, -0.25) is 4.79 Å². The molecule has 1 amide bonds. The van der Waals surface area contributed by atoms with Crippen LogP contribution in [0.1, 0.15) is 50.5 Å². The number of hydrogen-bond acceptors (Lipinski definition) is 5. The fourth-order valence-electron chi connectivity index (χ4n) is 2.27. The molecule has 6 heteroatoms. The summed E-state index contributed by atoms with van der Waals surface area (Å²) in [6.07, 6.45) is 0. The Hall–Kier alpha value is -3.15. The first-order valence-electron chi connectivity index (χ1n) is 8.32. The average Bonchev–Trinajstić information content (AvgIpc) is 2.62. The zero-order chi connectivity index (χ0) is 19.1. The highest BCUT2D eigenvalue weighted by molar-refractivity contribution is 6.06. The van der Waals surface area contributed by atoms with Crippen molar-refractivity contribution in [2.24, 2.45) is 0 Å². The first-order chi connectivity index (χ1) is 12.4. The Balaban J connectivity index is 2.33. The monoisotopic (exact) mass is 355 g/mol. The third-order valence-electron chi connectivity index (χ3n) is 3.53. The first kappa shape index (κ1) is 19.2. The molecule has 6 nitrogen and oxygen atoms in total. The lowest BCUT2D eigenvalue weighted by molar-refractivity contribution is 0.0525. The molecular weight excluding hydrogens is 334 g/mol. The Labute approximate surface area is 152 Å². The van der Waals surface area contributed by atoms with E-state index in [9.17, 15) is 14.4 Å². The van der Waals surface area contributed by atoms with Gasteiger partial charge in [-0.1, -0.05) is 17.7 Å². The second kappa shape index (κ2) is 8.80. The van der Waals surface area contributed by atoms with Crippen LogP contribution in [0.25, 0.3) is 0 Å². The number of amides is 1. The Kier molecular flexibility index (Phi) is 6.49. The zero-order valence-electron chi connectivity index (χ0n) is 15.0. The molecule has 136 valence electrons. The maximum Gasteiger partial charge on any atom is 0.338 e. The van der Waals surface area contributed by atoms with Gasteiger partial charge in [-0.15, -0.1) is 0 Å². The molecule has 0 atom stereocenters. The minimum Gasteiger partial charge on any atom is -0.462 e. The van der Waals surface area contributed by atoms with Crippen molar-refractivity contribution in [2.45, 2.75) is 20.8 Å². The Morgan fingerprint density at radius 3 is 1.77 bits per heavy atom. The van der Waals surface area contributed by atoms with Crippen LogP contribution < -0.4 is 5.32 Å². The number of carbonyl (C=O) groups excluding carboxylic acids is 3. The summed E-state index contributed by atoms with van der Waals surface area (Å²) >= 11 is 0. The van der Waals surface area contributed by atoms with Crippen molar-refractivity contribution in [1.29, 1.82) is 0 Å². The molecule has 0 aliphatic heterocycles. The molecule has 1 N–H and O–H groups in total.